The van der Waals surface area contributed by atoms with Gasteiger partial charge >= 0.3 is 0 Å². The van der Waals surface area contributed by atoms with Crippen LogP contribution in [0.5, 0.6) is 0 Å². The molecule has 0 aromatic heterocycles. The van der Waals surface area contributed by atoms with Crippen LogP contribution in [0.3, 0.4) is 0 Å². The predicted octanol–water partition coefficient (Wildman–Crippen LogP) is 2.39. The van der Waals surface area contributed by atoms with Gasteiger partial charge in [0.25, 0.3) is 0 Å². The Morgan fingerprint density at radius 1 is 1.35 bits per heavy atom. The molecule has 0 saturated carbocycles. The Bertz CT molecular complexity index is 384. The SMILES string of the molecule is CCN(CC1Cc2ccccc21)C(C)(C)CN. The fraction of sp³-hybridized carbons (Fsp3) is 0.600. The standard InChI is InChI=1S/C15H24N2/c1-4-17(15(2,3)11-16)10-13-9-12-7-5-6-8-14(12)13/h5-8,13H,4,9-11,16H2,1-3H3. The van der Waals surface area contributed by atoms with Gasteiger partial charge in [-0.25, -0.2) is 0 Å². The zero-order valence-corrected chi connectivity index (χ0v) is 11.2. The second-order valence-electron chi connectivity index (χ2n) is 5.66. The van der Waals surface area contributed by atoms with Gasteiger partial charge in [0.05, 0.1) is 0 Å². The van der Waals surface area contributed by atoms with Gasteiger partial charge in [0.15, 0.2) is 0 Å². The topological polar surface area (TPSA) is 29.3 Å². The molecule has 2 rings (SSSR count). The summed E-state index contributed by atoms with van der Waals surface area (Å²) >= 11 is 0. The average Bonchev–Trinajstić information content (AvgIpc) is 2.30. The van der Waals surface area contributed by atoms with Gasteiger partial charge in [0.2, 0.25) is 0 Å². The average molecular weight is 232 g/mol. The van der Waals surface area contributed by atoms with Gasteiger partial charge in [-0.3, -0.25) is 4.90 Å². The molecule has 1 atom stereocenters. The first-order valence-corrected chi connectivity index (χ1v) is 6.61. The highest BCUT2D eigenvalue weighted by molar-refractivity contribution is 5.40. The van der Waals surface area contributed by atoms with Crippen molar-refractivity contribution >= 4 is 0 Å². The summed E-state index contributed by atoms with van der Waals surface area (Å²) < 4.78 is 0. The quantitative estimate of drug-likeness (QED) is 0.844. The molecule has 1 aromatic rings. The third-order valence-corrected chi connectivity index (χ3v) is 4.14. The van der Waals surface area contributed by atoms with Crippen molar-refractivity contribution in [2.24, 2.45) is 5.73 Å². The summed E-state index contributed by atoms with van der Waals surface area (Å²) in [6.07, 6.45) is 1.23. The number of hydrogen-bond donors (Lipinski definition) is 1. The minimum atomic E-state index is 0.110. The Kier molecular flexibility index (Phi) is 3.55. The predicted molar refractivity (Wildman–Crippen MR) is 73.3 cm³/mol. The van der Waals surface area contributed by atoms with E-state index in [4.69, 9.17) is 5.73 Å². The zero-order valence-electron chi connectivity index (χ0n) is 11.2. The van der Waals surface area contributed by atoms with E-state index in [-0.39, 0.29) is 5.54 Å². The molecule has 0 fully saturated rings. The van der Waals surface area contributed by atoms with Gasteiger partial charge in [-0.2, -0.15) is 0 Å². The van der Waals surface area contributed by atoms with Crippen molar-refractivity contribution in [1.29, 1.82) is 0 Å². The van der Waals surface area contributed by atoms with E-state index < -0.39 is 0 Å². The number of benzene rings is 1. The molecule has 0 spiro atoms. The lowest BCUT2D eigenvalue weighted by Crippen LogP contribution is -2.51. The molecule has 94 valence electrons. The first-order valence-electron chi connectivity index (χ1n) is 6.61. The van der Waals surface area contributed by atoms with Crippen molar-refractivity contribution in [1.82, 2.24) is 4.90 Å². The highest BCUT2D eigenvalue weighted by atomic mass is 15.2. The maximum Gasteiger partial charge on any atom is 0.0275 e. The lowest BCUT2D eigenvalue weighted by Gasteiger charge is -2.42. The van der Waals surface area contributed by atoms with Crippen LogP contribution in [0.1, 0.15) is 37.8 Å². The highest BCUT2D eigenvalue weighted by Crippen LogP contribution is 2.36. The molecule has 17 heavy (non-hydrogen) atoms. The van der Waals surface area contributed by atoms with Gasteiger partial charge < -0.3 is 5.73 Å². The number of fused-ring (bicyclic) bond motifs is 1. The van der Waals surface area contributed by atoms with Crippen molar-refractivity contribution in [2.45, 2.75) is 38.6 Å². The molecular formula is C15H24N2. The minimum Gasteiger partial charge on any atom is -0.329 e. The van der Waals surface area contributed by atoms with Crippen LogP contribution in [0.4, 0.5) is 0 Å². The van der Waals surface area contributed by atoms with Crippen molar-refractivity contribution in [3.8, 4) is 0 Å². The normalized spacial score (nSPS) is 19.0. The summed E-state index contributed by atoms with van der Waals surface area (Å²) in [6.45, 7) is 9.62. The summed E-state index contributed by atoms with van der Waals surface area (Å²) in [6, 6.07) is 8.80. The third kappa shape index (κ3) is 2.38. The minimum absolute atomic E-state index is 0.110. The van der Waals surface area contributed by atoms with Gasteiger partial charge in [-0.1, -0.05) is 31.2 Å². The van der Waals surface area contributed by atoms with E-state index in [2.05, 4.69) is 49.9 Å². The molecule has 0 bridgehead atoms. The van der Waals surface area contributed by atoms with Crippen LogP contribution in [0, 0.1) is 0 Å². The van der Waals surface area contributed by atoms with Gasteiger partial charge in [0.1, 0.15) is 0 Å². The molecule has 1 aliphatic carbocycles. The lowest BCUT2D eigenvalue weighted by atomic mass is 9.77. The Balaban J connectivity index is 2.03. The number of rotatable bonds is 5. The Morgan fingerprint density at radius 2 is 2.06 bits per heavy atom. The Morgan fingerprint density at radius 3 is 2.65 bits per heavy atom. The molecule has 0 saturated heterocycles. The molecule has 0 heterocycles. The van der Waals surface area contributed by atoms with Crippen LogP contribution in [0.2, 0.25) is 0 Å². The summed E-state index contributed by atoms with van der Waals surface area (Å²) in [5.74, 6) is 0.706. The molecule has 1 unspecified atom stereocenters. The van der Waals surface area contributed by atoms with Crippen LogP contribution in [0.15, 0.2) is 24.3 Å². The van der Waals surface area contributed by atoms with Gasteiger partial charge in [-0.05, 0) is 37.9 Å². The van der Waals surface area contributed by atoms with Crippen molar-refractivity contribution in [3.05, 3.63) is 35.4 Å². The smallest absolute Gasteiger partial charge is 0.0275 e. The van der Waals surface area contributed by atoms with Crippen LogP contribution in [-0.4, -0.2) is 30.1 Å². The number of nitrogens with zero attached hydrogens (tertiary/aromatic N) is 1. The van der Waals surface area contributed by atoms with Crippen LogP contribution >= 0.6 is 0 Å². The second-order valence-corrected chi connectivity index (χ2v) is 5.66. The summed E-state index contributed by atoms with van der Waals surface area (Å²) in [4.78, 5) is 2.51. The molecule has 0 aliphatic heterocycles. The molecule has 0 radical (unpaired) electrons. The summed E-state index contributed by atoms with van der Waals surface area (Å²) in [5, 5.41) is 0. The van der Waals surface area contributed by atoms with Crippen molar-refractivity contribution in [3.63, 3.8) is 0 Å². The van der Waals surface area contributed by atoms with E-state index >= 15 is 0 Å². The third-order valence-electron chi connectivity index (χ3n) is 4.14. The summed E-state index contributed by atoms with van der Waals surface area (Å²) in [5.41, 5.74) is 9.05. The monoisotopic (exact) mass is 232 g/mol. The maximum atomic E-state index is 5.87. The Hall–Kier alpha value is -0.860. The maximum absolute atomic E-state index is 5.87. The van der Waals surface area contributed by atoms with E-state index in [1.807, 2.05) is 0 Å². The first-order chi connectivity index (χ1) is 8.08. The Labute approximate surface area is 105 Å². The highest BCUT2D eigenvalue weighted by Gasteiger charge is 2.31. The number of nitrogens with two attached hydrogens (primary N) is 1. The van der Waals surface area contributed by atoms with Crippen LogP contribution < -0.4 is 5.73 Å². The van der Waals surface area contributed by atoms with Crippen LogP contribution in [0.25, 0.3) is 0 Å². The van der Waals surface area contributed by atoms with Crippen molar-refractivity contribution in [2.75, 3.05) is 19.6 Å². The van der Waals surface area contributed by atoms with E-state index in [1.165, 1.54) is 12.0 Å². The molecule has 0 amide bonds. The fourth-order valence-corrected chi connectivity index (χ4v) is 2.72. The second kappa shape index (κ2) is 4.79. The molecule has 1 aliphatic rings. The summed E-state index contributed by atoms with van der Waals surface area (Å²) in [7, 11) is 0. The van der Waals surface area contributed by atoms with Gasteiger partial charge in [0, 0.05) is 24.5 Å². The number of likely N-dealkylation sites (N-methyl/N-ethyl adjacent to an activating group) is 1. The molecule has 1 aromatic carbocycles. The first kappa shape index (κ1) is 12.6. The largest absolute Gasteiger partial charge is 0.329 e. The van der Waals surface area contributed by atoms with Crippen molar-refractivity contribution < 1.29 is 0 Å². The molecule has 2 N–H and O–H groups in total. The van der Waals surface area contributed by atoms with E-state index in [1.54, 1.807) is 5.56 Å². The lowest BCUT2D eigenvalue weighted by molar-refractivity contribution is 0.121. The number of hydrogen-bond acceptors (Lipinski definition) is 2. The van der Waals surface area contributed by atoms with E-state index in [9.17, 15) is 0 Å². The molecule has 2 heteroatoms. The van der Waals surface area contributed by atoms with Gasteiger partial charge in [-0.15, -0.1) is 0 Å². The fourth-order valence-electron chi connectivity index (χ4n) is 2.72. The van der Waals surface area contributed by atoms with Crippen LogP contribution in [-0.2, 0) is 6.42 Å². The molecular weight excluding hydrogens is 208 g/mol. The zero-order chi connectivity index (χ0) is 12.5. The van der Waals surface area contributed by atoms with E-state index in [0.717, 1.165) is 19.6 Å². The van der Waals surface area contributed by atoms with E-state index in [0.29, 0.717) is 5.92 Å². The molecule has 2 nitrogen and oxygen atoms in total.